The third kappa shape index (κ3) is 1.50. The van der Waals surface area contributed by atoms with E-state index >= 15 is 0 Å². The molecule has 5 nitrogen and oxygen atoms in total. The lowest BCUT2D eigenvalue weighted by atomic mass is 10.3. The molecule has 0 aliphatic heterocycles. The third-order valence-corrected chi connectivity index (χ3v) is 2.44. The van der Waals surface area contributed by atoms with Crippen molar-refractivity contribution in [2.75, 3.05) is 5.73 Å². The number of nitrogens with two attached hydrogens (primary N) is 1. The molecule has 0 atom stereocenters. The number of fused-ring (bicyclic) bond motifs is 1. The number of nitrogens with zero attached hydrogens (tertiary/aromatic N) is 2. The van der Waals surface area contributed by atoms with Gasteiger partial charge in [-0.2, -0.15) is 0 Å². The number of rotatable bonds is 3. The number of anilines is 1. The van der Waals surface area contributed by atoms with Gasteiger partial charge >= 0.3 is 5.97 Å². The molecule has 0 spiro atoms. The molecule has 0 radical (unpaired) electrons. The predicted octanol–water partition coefficient (Wildman–Crippen LogP) is 1.57. The van der Waals surface area contributed by atoms with Crippen molar-refractivity contribution in [3.63, 3.8) is 0 Å². The lowest BCUT2D eigenvalue weighted by Gasteiger charge is -2.01. The number of nitrogen functional groups attached to an aromatic ring is 1. The first-order valence-corrected chi connectivity index (χ1v) is 5.14. The molecule has 2 aromatic rings. The van der Waals surface area contributed by atoms with Crippen LogP contribution in [0.1, 0.15) is 29.7 Å². The Morgan fingerprint density at radius 2 is 2.38 bits per heavy atom. The van der Waals surface area contributed by atoms with E-state index in [0.717, 1.165) is 18.7 Å². The summed E-state index contributed by atoms with van der Waals surface area (Å²) in [7, 11) is 0. The van der Waals surface area contributed by atoms with Crippen LogP contribution in [0.15, 0.2) is 18.3 Å². The average molecular weight is 219 g/mol. The van der Waals surface area contributed by atoms with Gasteiger partial charge in [-0.3, -0.25) is 0 Å². The molecule has 0 bridgehead atoms. The molecule has 0 saturated heterocycles. The fraction of sp³-hybridized carbons (Fsp3) is 0.273. The molecule has 16 heavy (non-hydrogen) atoms. The van der Waals surface area contributed by atoms with Crippen LogP contribution in [0.25, 0.3) is 5.52 Å². The highest BCUT2D eigenvalue weighted by atomic mass is 16.4. The standard InChI is InChI=1S/C11H13N3O2/c1-2-4-8-13-9(11(15)16)10-7(12)5-3-6-14(8)10/h3,5-6H,2,4,12H2,1H3,(H,15,16). The van der Waals surface area contributed by atoms with Gasteiger partial charge in [-0.1, -0.05) is 6.92 Å². The molecule has 0 fully saturated rings. The first-order valence-electron chi connectivity index (χ1n) is 5.14. The van der Waals surface area contributed by atoms with Crippen molar-refractivity contribution in [1.29, 1.82) is 0 Å². The Balaban J connectivity index is 2.76. The van der Waals surface area contributed by atoms with Crippen molar-refractivity contribution in [2.45, 2.75) is 19.8 Å². The maximum absolute atomic E-state index is 11.1. The smallest absolute Gasteiger partial charge is 0.356 e. The van der Waals surface area contributed by atoms with Crippen molar-refractivity contribution in [2.24, 2.45) is 0 Å². The molecule has 0 aromatic carbocycles. The quantitative estimate of drug-likeness (QED) is 0.821. The van der Waals surface area contributed by atoms with Crippen molar-refractivity contribution >= 4 is 17.2 Å². The van der Waals surface area contributed by atoms with Crippen LogP contribution in [0, 0.1) is 0 Å². The molecule has 2 aromatic heterocycles. The van der Waals surface area contributed by atoms with Gasteiger partial charge in [0.15, 0.2) is 5.69 Å². The van der Waals surface area contributed by atoms with Crippen molar-refractivity contribution in [1.82, 2.24) is 9.38 Å². The second-order valence-electron chi connectivity index (χ2n) is 3.61. The first-order chi connectivity index (χ1) is 7.65. The number of carbonyl (C=O) groups is 1. The fourth-order valence-electron chi connectivity index (χ4n) is 1.78. The minimum Gasteiger partial charge on any atom is -0.476 e. The Kier molecular flexibility index (Phi) is 2.52. The Morgan fingerprint density at radius 3 is 3.00 bits per heavy atom. The van der Waals surface area contributed by atoms with E-state index in [0.29, 0.717) is 11.2 Å². The Labute approximate surface area is 92.5 Å². The fourth-order valence-corrected chi connectivity index (χ4v) is 1.78. The molecular formula is C11H13N3O2. The zero-order valence-corrected chi connectivity index (χ0v) is 8.97. The van der Waals surface area contributed by atoms with Gasteiger partial charge in [0.2, 0.25) is 0 Å². The summed E-state index contributed by atoms with van der Waals surface area (Å²) in [4.78, 5) is 15.2. The molecule has 0 amide bonds. The Hall–Kier alpha value is -2.04. The molecule has 0 aliphatic rings. The van der Waals surface area contributed by atoms with Crippen LogP contribution in [-0.4, -0.2) is 20.5 Å². The summed E-state index contributed by atoms with van der Waals surface area (Å²) in [6.07, 6.45) is 3.43. The van der Waals surface area contributed by atoms with Crippen LogP contribution >= 0.6 is 0 Å². The van der Waals surface area contributed by atoms with E-state index in [1.165, 1.54) is 0 Å². The molecule has 5 heteroatoms. The summed E-state index contributed by atoms with van der Waals surface area (Å²) < 4.78 is 1.75. The highest BCUT2D eigenvalue weighted by Gasteiger charge is 2.17. The van der Waals surface area contributed by atoms with Gasteiger partial charge in [0.25, 0.3) is 0 Å². The SMILES string of the molecule is CCCc1nc(C(=O)O)c2c(N)cccn12. The summed E-state index contributed by atoms with van der Waals surface area (Å²) in [5, 5.41) is 9.06. The molecule has 0 unspecified atom stereocenters. The van der Waals surface area contributed by atoms with E-state index in [4.69, 9.17) is 10.8 Å². The monoisotopic (exact) mass is 219 g/mol. The lowest BCUT2D eigenvalue weighted by molar-refractivity contribution is 0.0693. The van der Waals surface area contributed by atoms with Gasteiger partial charge in [0.1, 0.15) is 11.3 Å². The maximum atomic E-state index is 11.1. The van der Waals surface area contributed by atoms with Gasteiger partial charge in [0, 0.05) is 12.6 Å². The minimum atomic E-state index is -1.04. The zero-order valence-electron chi connectivity index (χ0n) is 8.97. The predicted molar refractivity (Wildman–Crippen MR) is 60.6 cm³/mol. The Bertz CT molecular complexity index is 545. The van der Waals surface area contributed by atoms with E-state index in [2.05, 4.69) is 4.98 Å². The second-order valence-corrected chi connectivity index (χ2v) is 3.61. The summed E-state index contributed by atoms with van der Waals surface area (Å²) in [5.74, 6) is -0.306. The average Bonchev–Trinajstić information content (AvgIpc) is 2.60. The highest BCUT2D eigenvalue weighted by Crippen LogP contribution is 2.20. The highest BCUT2D eigenvalue weighted by molar-refractivity contribution is 5.97. The van der Waals surface area contributed by atoms with Gasteiger partial charge in [-0.15, -0.1) is 0 Å². The van der Waals surface area contributed by atoms with Gasteiger partial charge in [-0.05, 0) is 18.6 Å². The molecule has 0 aliphatic carbocycles. The molecule has 3 N–H and O–H groups in total. The molecule has 2 rings (SSSR count). The van der Waals surface area contributed by atoms with Crippen LogP contribution in [0.2, 0.25) is 0 Å². The minimum absolute atomic E-state index is 0.0292. The number of carboxylic acid groups (broad SMARTS) is 1. The second kappa shape index (κ2) is 3.84. The number of aromatic nitrogens is 2. The van der Waals surface area contributed by atoms with Crippen molar-refractivity contribution in [3.8, 4) is 0 Å². The van der Waals surface area contributed by atoms with Crippen molar-refractivity contribution in [3.05, 3.63) is 29.8 Å². The maximum Gasteiger partial charge on any atom is 0.356 e. The molecular weight excluding hydrogens is 206 g/mol. The summed E-state index contributed by atoms with van der Waals surface area (Å²) in [5.41, 5.74) is 6.73. The van der Waals surface area contributed by atoms with Gasteiger partial charge in [0.05, 0.1) is 5.69 Å². The van der Waals surface area contributed by atoms with E-state index in [9.17, 15) is 4.79 Å². The summed E-state index contributed by atoms with van der Waals surface area (Å²) >= 11 is 0. The van der Waals surface area contributed by atoms with Crippen LogP contribution in [0.4, 0.5) is 5.69 Å². The van der Waals surface area contributed by atoms with Crippen LogP contribution in [-0.2, 0) is 6.42 Å². The van der Waals surface area contributed by atoms with E-state index in [1.807, 2.05) is 6.92 Å². The van der Waals surface area contributed by atoms with E-state index in [-0.39, 0.29) is 5.69 Å². The number of hydrogen-bond donors (Lipinski definition) is 2. The van der Waals surface area contributed by atoms with E-state index in [1.54, 1.807) is 22.7 Å². The number of carboxylic acids is 1. The van der Waals surface area contributed by atoms with Crippen LogP contribution in [0.3, 0.4) is 0 Å². The number of hydrogen-bond acceptors (Lipinski definition) is 3. The number of pyridine rings is 1. The van der Waals surface area contributed by atoms with Crippen LogP contribution in [0.5, 0.6) is 0 Å². The van der Waals surface area contributed by atoms with Crippen LogP contribution < -0.4 is 5.73 Å². The first kappa shape index (κ1) is 10.5. The van der Waals surface area contributed by atoms with Gasteiger partial charge < -0.3 is 15.2 Å². The van der Waals surface area contributed by atoms with Gasteiger partial charge in [-0.25, -0.2) is 9.78 Å². The van der Waals surface area contributed by atoms with E-state index < -0.39 is 5.97 Å². The molecule has 0 saturated carbocycles. The van der Waals surface area contributed by atoms with Crippen molar-refractivity contribution < 1.29 is 9.90 Å². The summed E-state index contributed by atoms with van der Waals surface area (Å²) in [6.45, 7) is 2.02. The Morgan fingerprint density at radius 1 is 1.62 bits per heavy atom. The number of aryl methyl sites for hydroxylation is 1. The largest absolute Gasteiger partial charge is 0.476 e. The topological polar surface area (TPSA) is 80.6 Å². The number of aromatic carboxylic acids is 1. The molecule has 84 valence electrons. The zero-order chi connectivity index (χ0) is 11.7. The molecule has 2 heterocycles. The lowest BCUT2D eigenvalue weighted by Crippen LogP contribution is -2.00. The third-order valence-electron chi connectivity index (χ3n) is 2.44. The summed E-state index contributed by atoms with van der Waals surface area (Å²) in [6, 6.07) is 3.47. The normalized spacial score (nSPS) is 10.8. The number of imidazole rings is 1.